The fourth-order valence-electron chi connectivity index (χ4n) is 2.58. The lowest BCUT2D eigenvalue weighted by atomic mass is 10.1. The molecule has 3 rings (SSSR count). The van der Waals surface area contributed by atoms with Gasteiger partial charge in [0.2, 0.25) is 0 Å². The van der Waals surface area contributed by atoms with E-state index in [9.17, 15) is 9.18 Å². The van der Waals surface area contributed by atoms with E-state index in [1.165, 1.54) is 12.1 Å². The molecule has 0 saturated carbocycles. The molecule has 2 aromatic heterocycles. The molecule has 134 valence electrons. The molecular weight excluding hydrogens is 333 g/mol. The number of hydrogen-bond donors (Lipinski definition) is 1. The van der Waals surface area contributed by atoms with Gasteiger partial charge in [-0.2, -0.15) is 10.2 Å². The second-order valence-corrected chi connectivity index (χ2v) is 6.15. The first kappa shape index (κ1) is 17.7. The number of amides is 1. The van der Waals surface area contributed by atoms with E-state index in [1.54, 1.807) is 24.5 Å². The average Bonchev–Trinajstić information content (AvgIpc) is 2.94. The van der Waals surface area contributed by atoms with Crippen LogP contribution in [0.1, 0.15) is 27.4 Å². The van der Waals surface area contributed by atoms with Gasteiger partial charge in [-0.25, -0.2) is 9.37 Å². The fraction of sp³-hybridized carbons (Fsp3) is 0.263. The highest BCUT2D eigenvalue weighted by atomic mass is 19.1. The molecule has 1 aromatic carbocycles. The molecule has 1 amide bonds. The second kappa shape index (κ2) is 7.43. The summed E-state index contributed by atoms with van der Waals surface area (Å²) in [5.74, 6) is -0.823. The van der Waals surface area contributed by atoms with Gasteiger partial charge in [-0.15, -0.1) is 0 Å². The number of carbonyl (C=O) groups excluding carboxylic acids is 1. The van der Waals surface area contributed by atoms with Crippen molar-refractivity contribution in [3.63, 3.8) is 0 Å². The third-order valence-electron chi connectivity index (χ3n) is 4.24. The quantitative estimate of drug-likeness (QED) is 0.765. The van der Waals surface area contributed by atoms with Crippen molar-refractivity contribution in [1.82, 2.24) is 25.1 Å². The number of nitrogens with zero attached hydrogens (tertiary/aromatic N) is 4. The number of carbonyl (C=O) groups is 1. The topological polar surface area (TPSA) is 72.7 Å². The minimum Gasteiger partial charge on any atom is -0.350 e. The second-order valence-electron chi connectivity index (χ2n) is 6.15. The molecule has 0 spiro atoms. The molecule has 0 fully saturated rings. The summed E-state index contributed by atoms with van der Waals surface area (Å²) in [7, 11) is 0. The van der Waals surface area contributed by atoms with Crippen LogP contribution in [0.25, 0.3) is 11.3 Å². The van der Waals surface area contributed by atoms with Crippen molar-refractivity contribution in [2.45, 2.75) is 27.3 Å². The standard InChI is InChI=1S/C19H20FN5O/c1-12-4-5-18(24-23-12)15-8-16(10-17(20)9-15)19(26)21-6-7-25-11-22-13(2)14(25)3/h4-5,8-11H,6-7H2,1-3H3,(H,21,26). The lowest BCUT2D eigenvalue weighted by molar-refractivity contribution is 0.0952. The van der Waals surface area contributed by atoms with Crippen molar-refractivity contribution >= 4 is 5.91 Å². The number of imidazole rings is 1. The fourth-order valence-corrected chi connectivity index (χ4v) is 2.58. The number of benzene rings is 1. The summed E-state index contributed by atoms with van der Waals surface area (Å²) in [5.41, 5.74) is 4.09. The van der Waals surface area contributed by atoms with Gasteiger partial charge in [0, 0.05) is 29.9 Å². The van der Waals surface area contributed by atoms with Gasteiger partial charge in [0.1, 0.15) is 5.82 Å². The van der Waals surface area contributed by atoms with Gasteiger partial charge in [-0.1, -0.05) is 0 Å². The Balaban J connectivity index is 1.71. The van der Waals surface area contributed by atoms with Crippen LogP contribution in [0.4, 0.5) is 4.39 Å². The maximum absolute atomic E-state index is 14.0. The van der Waals surface area contributed by atoms with E-state index in [0.717, 1.165) is 17.1 Å². The van der Waals surface area contributed by atoms with Crippen LogP contribution < -0.4 is 5.32 Å². The van der Waals surface area contributed by atoms with E-state index in [4.69, 9.17) is 0 Å². The Bertz CT molecular complexity index is 934. The molecular formula is C19H20FN5O. The molecule has 1 N–H and O–H groups in total. The molecule has 0 aliphatic heterocycles. The number of aromatic nitrogens is 4. The third kappa shape index (κ3) is 3.93. The monoisotopic (exact) mass is 353 g/mol. The number of hydrogen-bond acceptors (Lipinski definition) is 4. The Morgan fingerprint density at radius 1 is 1.15 bits per heavy atom. The number of nitrogens with one attached hydrogen (secondary N) is 1. The van der Waals surface area contributed by atoms with Gasteiger partial charge in [0.25, 0.3) is 5.91 Å². The first-order valence-corrected chi connectivity index (χ1v) is 8.32. The van der Waals surface area contributed by atoms with Crippen LogP contribution in [-0.4, -0.2) is 32.2 Å². The summed E-state index contributed by atoms with van der Waals surface area (Å²) in [6.07, 6.45) is 1.74. The van der Waals surface area contributed by atoms with E-state index in [-0.39, 0.29) is 11.5 Å². The van der Waals surface area contributed by atoms with E-state index >= 15 is 0 Å². The van der Waals surface area contributed by atoms with Crippen molar-refractivity contribution in [2.75, 3.05) is 6.54 Å². The van der Waals surface area contributed by atoms with Gasteiger partial charge in [-0.05, 0) is 51.1 Å². The van der Waals surface area contributed by atoms with Gasteiger partial charge < -0.3 is 9.88 Å². The zero-order valence-corrected chi connectivity index (χ0v) is 15.0. The highest BCUT2D eigenvalue weighted by molar-refractivity contribution is 5.95. The van der Waals surface area contributed by atoms with E-state index < -0.39 is 5.82 Å². The highest BCUT2D eigenvalue weighted by Crippen LogP contribution is 2.20. The van der Waals surface area contributed by atoms with Crippen molar-refractivity contribution < 1.29 is 9.18 Å². The summed E-state index contributed by atoms with van der Waals surface area (Å²) in [5, 5.41) is 10.8. The SMILES string of the molecule is Cc1ccc(-c2cc(F)cc(C(=O)NCCn3cnc(C)c3C)c2)nn1. The van der Waals surface area contributed by atoms with Crippen LogP contribution in [0.5, 0.6) is 0 Å². The molecule has 0 aliphatic rings. The van der Waals surface area contributed by atoms with Crippen LogP contribution in [0.2, 0.25) is 0 Å². The Morgan fingerprint density at radius 3 is 2.62 bits per heavy atom. The van der Waals surface area contributed by atoms with Gasteiger partial charge >= 0.3 is 0 Å². The molecule has 7 heteroatoms. The zero-order chi connectivity index (χ0) is 18.7. The molecule has 6 nitrogen and oxygen atoms in total. The Hall–Kier alpha value is -3.09. The lowest BCUT2D eigenvalue weighted by Gasteiger charge is -2.09. The van der Waals surface area contributed by atoms with E-state index in [1.807, 2.05) is 25.3 Å². The van der Waals surface area contributed by atoms with Crippen LogP contribution in [0, 0.1) is 26.6 Å². The lowest BCUT2D eigenvalue weighted by Crippen LogP contribution is -2.27. The van der Waals surface area contributed by atoms with E-state index in [2.05, 4.69) is 20.5 Å². The molecule has 2 heterocycles. The predicted octanol–water partition coefficient (Wildman–Crippen LogP) is 2.83. The largest absolute Gasteiger partial charge is 0.350 e. The molecule has 26 heavy (non-hydrogen) atoms. The van der Waals surface area contributed by atoms with Crippen molar-refractivity contribution in [3.05, 3.63) is 65.1 Å². The molecule has 0 atom stereocenters. The molecule has 0 aliphatic carbocycles. The van der Waals surface area contributed by atoms with Crippen LogP contribution in [0.3, 0.4) is 0 Å². The average molecular weight is 353 g/mol. The molecule has 0 unspecified atom stereocenters. The maximum atomic E-state index is 14.0. The summed E-state index contributed by atoms with van der Waals surface area (Å²) in [6.45, 7) is 6.76. The molecule has 0 saturated heterocycles. The van der Waals surface area contributed by atoms with Crippen LogP contribution in [-0.2, 0) is 6.54 Å². The Labute approximate surface area is 151 Å². The summed E-state index contributed by atoms with van der Waals surface area (Å²) in [4.78, 5) is 16.6. The smallest absolute Gasteiger partial charge is 0.251 e. The Morgan fingerprint density at radius 2 is 1.96 bits per heavy atom. The molecule has 0 radical (unpaired) electrons. The van der Waals surface area contributed by atoms with Gasteiger partial charge in [-0.3, -0.25) is 4.79 Å². The number of rotatable bonds is 5. The van der Waals surface area contributed by atoms with Gasteiger partial charge in [0.15, 0.2) is 0 Å². The normalized spacial score (nSPS) is 10.8. The van der Waals surface area contributed by atoms with Crippen LogP contribution >= 0.6 is 0 Å². The van der Waals surface area contributed by atoms with Gasteiger partial charge in [0.05, 0.1) is 23.4 Å². The maximum Gasteiger partial charge on any atom is 0.251 e. The van der Waals surface area contributed by atoms with Crippen molar-refractivity contribution in [2.24, 2.45) is 0 Å². The highest BCUT2D eigenvalue weighted by Gasteiger charge is 2.11. The molecule has 0 bridgehead atoms. The summed E-state index contributed by atoms with van der Waals surface area (Å²) in [6, 6.07) is 7.72. The minimum absolute atomic E-state index is 0.251. The first-order valence-electron chi connectivity index (χ1n) is 8.32. The number of aryl methyl sites for hydroxylation is 2. The minimum atomic E-state index is -0.490. The van der Waals surface area contributed by atoms with Crippen molar-refractivity contribution in [3.8, 4) is 11.3 Å². The summed E-state index contributed by atoms with van der Waals surface area (Å²) < 4.78 is 15.9. The molecule has 3 aromatic rings. The number of halogens is 1. The third-order valence-corrected chi connectivity index (χ3v) is 4.24. The first-order chi connectivity index (χ1) is 12.4. The zero-order valence-electron chi connectivity index (χ0n) is 15.0. The Kier molecular flexibility index (Phi) is 5.06. The van der Waals surface area contributed by atoms with Crippen LogP contribution in [0.15, 0.2) is 36.7 Å². The van der Waals surface area contributed by atoms with Crippen molar-refractivity contribution in [1.29, 1.82) is 0 Å². The summed E-state index contributed by atoms with van der Waals surface area (Å²) >= 11 is 0. The van der Waals surface area contributed by atoms with E-state index in [0.29, 0.717) is 24.3 Å². The predicted molar refractivity (Wildman–Crippen MR) is 96.2 cm³/mol.